The molecule has 2 amide bonds. The average Bonchev–Trinajstić information content (AvgIpc) is 3.25. The second-order valence-electron chi connectivity index (χ2n) is 8.04. The van der Waals surface area contributed by atoms with E-state index >= 15 is 0 Å². The quantitative estimate of drug-likeness (QED) is 0.674. The largest absolute Gasteiger partial charge is 0.352 e. The number of aryl methyl sites for hydroxylation is 1. The highest BCUT2D eigenvalue weighted by Crippen LogP contribution is 2.33. The van der Waals surface area contributed by atoms with Gasteiger partial charge in [-0.1, -0.05) is 60.2 Å². The first kappa shape index (κ1) is 20.8. The van der Waals surface area contributed by atoms with Gasteiger partial charge in [0.15, 0.2) is 0 Å². The number of carbonyl (C=O) groups excluding carboxylic acids is 2. The number of hydrogen-bond acceptors (Lipinski definition) is 2. The van der Waals surface area contributed by atoms with Crippen molar-refractivity contribution in [2.45, 2.75) is 19.4 Å². The van der Waals surface area contributed by atoms with Gasteiger partial charge in [0, 0.05) is 31.1 Å². The number of likely N-dealkylation sites (tertiary alicyclic amines) is 1. The van der Waals surface area contributed by atoms with Gasteiger partial charge in [-0.3, -0.25) is 9.59 Å². The summed E-state index contributed by atoms with van der Waals surface area (Å²) in [5.41, 5.74) is 3.60. The Morgan fingerprint density at radius 1 is 0.935 bits per heavy atom. The van der Waals surface area contributed by atoms with Crippen LogP contribution in [0.1, 0.15) is 33.0 Å². The fourth-order valence-corrected chi connectivity index (χ4v) is 4.07. The summed E-state index contributed by atoms with van der Waals surface area (Å²) in [6, 6.07) is 23.4. The van der Waals surface area contributed by atoms with Crippen LogP contribution in [0.25, 0.3) is 0 Å². The summed E-state index contributed by atoms with van der Waals surface area (Å²) in [6.07, 6.45) is 0. The van der Waals surface area contributed by atoms with Crippen molar-refractivity contribution in [3.8, 4) is 0 Å². The van der Waals surface area contributed by atoms with Crippen LogP contribution in [-0.4, -0.2) is 29.8 Å². The second kappa shape index (κ2) is 9.13. The third-order valence-corrected chi connectivity index (χ3v) is 5.85. The number of amides is 2. The molecule has 1 aliphatic rings. The maximum atomic E-state index is 13.1. The van der Waals surface area contributed by atoms with Crippen molar-refractivity contribution in [3.63, 3.8) is 0 Å². The number of nitrogens with one attached hydrogen (secondary N) is 1. The van der Waals surface area contributed by atoms with Crippen LogP contribution >= 0.6 is 0 Å². The molecule has 4 rings (SSSR count). The van der Waals surface area contributed by atoms with E-state index in [2.05, 4.69) is 5.32 Å². The summed E-state index contributed by atoms with van der Waals surface area (Å²) >= 11 is 0. The van der Waals surface area contributed by atoms with Gasteiger partial charge >= 0.3 is 0 Å². The monoisotopic (exact) mass is 416 g/mol. The maximum absolute atomic E-state index is 13.1. The molecular formula is C26H25FN2O2. The third kappa shape index (κ3) is 4.82. The Kier molecular flexibility index (Phi) is 6.12. The highest BCUT2D eigenvalue weighted by molar-refractivity contribution is 5.95. The van der Waals surface area contributed by atoms with Gasteiger partial charge in [0.05, 0.1) is 5.92 Å². The van der Waals surface area contributed by atoms with Crippen LogP contribution in [0.5, 0.6) is 0 Å². The normalized spacial score (nSPS) is 18.1. The fourth-order valence-electron chi connectivity index (χ4n) is 4.07. The molecule has 1 aliphatic heterocycles. The summed E-state index contributed by atoms with van der Waals surface area (Å²) < 4.78 is 13.1. The van der Waals surface area contributed by atoms with Gasteiger partial charge in [-0.15, -0.1) is 0 Å². The second-order valence-corrected chi connectivity index (χ2v) is 8.04. The molecule has 31 heavy (non-hydrogen) atoms. The first-order chi connectivity index (χ1) is 15.0. The zero-order valence-electron chi connectivity index (χ0n) is 17.4. The van der Waals surface area contributed by atoms with Crippen LogP contribution in [0.2, 0.25) is 0 Å². The minimum absolute atomic E-state index is 0.0604. The summed E-state index contributed by atoms with van der Waals surface area (Å²) in [5, 5.41) is 2.97. The molecular weight excluding hydrogens is 391 g/mol. The first-order valence-electron chi connectivity index (χ1n) is 10.4. The van der Waals surface area contributed by atoms with E-state index in [-0.39, 0.29) is 29.5 Å². The Balaban J connectivity index is 1.51. The average molecular weight is 416 g/mol. The maximum Gasteiger partial charge on any atom is 0.253 e. The number of halogens is 1. The van der Waals surface area contributed by atoms with Crippen molar-refractivity contribution >= 4 is 11.8 Å². The zero-order chi connectivity index (χ0) is 21.8. The summed E-state index contributed by atoms with van der Waals surface area (Å²) in [5.74, 6) is -0.895. The van der Waals surface area contributed by atoms with Crippen LogP contribution in [0, 0.1) is 18.7 Å². The van der Waals surface area contributed by atoms with Crippen molar-refractivity contribution in [2.75, 3.05) is 13.1 Å². The van der Waals surface area contributed by atoms with Crippen LogP contribution < -0.4 is 5.32 Å². The van der Waals surface area contributed by atoms with E-state index in [0.717, 1.165) is 16.7 Å². The Morgan fingerprint density at radius 3 is 2.29 bits per heavy atom. The molecule has 1 saturated heterocycles. The summed E-state index contributed by atoms with van der Waals surface area (Å²) in [4.78, 5) is 27.9. The van der Waals surface area contributed by atoms with E-state index in [9.17, 15) is 14.0 Å². The van der Waals surface area contributed by atoms with E-state index in [0.29, 0.717) is 25.2 Å². The van der Waals surface area contributed by atoms with Crippen LogP contribution in [0.4, 0.5) is 4.39 Å². The van der Waals surface area contributed by atoms with Gasteiger partial charge in [-0.2, -0.15) is 0 Å². The van der Waals surface area contributed by atoms with Crippen molar-refractivity contribution in [3.05, 3.63) is 107 Å². The SMILES string of the molecule is Cc1ccc(C(=O)N2C[C@H](C(=O)NCc3ccc(F)cc3)[C@H](c3ccccc3)C2)cc1. The predicted octanol–water partition coefficient (Wildman–Crippen LogP) is 4.31. The fraction of sp³-hybridized carbons (Fsp3) is 0.231. The van der Waals surface area contributed by atoms with Gasteiger partial charge in [-0.25, -0.2) is 4.39 Å². The van der Waals surface area contributed by atoms with Gasteiger partial charge in [-0.05, 0) is 42.3 Å². The van der Waals surface area contributed by atoms with Crippen molar-refractivity contribution in [1.29, 1.82) is 0 Å². The van der Waals surface area contributed by atoms with Crippen LogP contribution in [0.15, 0.2) is 78.9 Å². The highest BCUT2D eigenvalue weighted by atomic mass is 19.1. The van der Waals surface area contributed by atoms with Gasteiger partial charge in [0.2, 0.25) is 5.91 Å². The van der Waals surface area contributed by atoms with E-state index in [1.807, 2.05) is 61.5 Å². The topological polar surface area (TPSA) is 49.4 Å². The minimum Gasteiger partial charge on any atom is -0.352 e. The number of rotatable bonds is 5. The van der Waals surface area contributed by atoms with Gasteiger partial charge in [0.25, 0.3) is 5.91 Å². The molecule has 0 bridgehead atoms. The highest BCUT2D eigenvalue weighted by Gasteiger charge is 2.40. The van der Waals surface area contributed by atoms with E-state index < -0.39 is 0 Å². The number of benzene rings is 3. The standard InChI is InChI=1S/C26H25FN2O2/c1-18-7-11-21(12-8-18)26(31)29-16-23(20-5-3-2-4-6-20)24(17-29)25(30)28-15-19-9-13-22(27)14-10-19/h2-14,23-24H,15-17H2,1H3,(H,28,30)/t23-,24-/m0/s1. The number of hydrogen-bond donors (Lipinski definition) is 1. The van der Waals surface area contributed by atoms with Gasteiger partial charge in [0.1, 0.15) is 5.82 Å². The molecule has 2 atom stereocenters. The molecule has 0 radical (unpaired) electrons. The van der Waals surface area contributed by atoms with Crippen molar-refractivity contribution in [1.82, 2.24) is 10.2 Å². The zero-order valence-corrected chi connectivity index (χ0v) is 17.4. The number of nitrogens with zero attached hydrogens (tertiary/aromatic N) is 1. The first-order valence-corrected chi connectivity index (χ1v) is 10.4. The van der Waals surface area contributed by atoms with E-state index in [4.69, 9.17) is 0 Å². The Hall–Kier alpha value is -3.47. The molecule has 0 saturated carbocycles. The number of carbonyl (C=O) groups is 2. The molecule has 1 heterocycles. The molecule has 0 spiro atoms. The molecule has 5 heteroatoms. The molecule has 1 fully saturated rings. The van der Waals surface area contributed by atoms with Crippen LogP contribution in [0.3, 0.4) is 0 Å². The van der Waals surface area contributed by atoms with Crippen LogP contribution in [-0.2, 0) is 11.3 Å². The summed E-state index contributed by atoms with van der Waals surface area (Å²) in [6.45, 7) is 3.16. The molecule has 0 unspecified atom stereocenters. The smallest absolute Gasteiger partial charge is 0.253 e. The lowest BCUT2D eigenvalue weighted by atomic mass is 9.88. The predicted molar refractivity (Wildman–Crippen MR) is 118 cm³/mol. The lowest BCUT2D eigenvalue weighted by Crippen LogP contribution is -2.35. The van der Waals surface area contributed by atoms with Crippen molar-refractivity contribution in [2.24, 2.45) is 5.92 Å². The molecule has 1 N–H and O–H groups in total. The summed E-state index contributed by atoms with van der Waals surface area (Å²) in [7, 11) is 0. The molecule has 3 aromatic rings. The van der Waals surface area contributed by atoms with E-state index in [1.54, 1.807) is 17.0 Å². The van der Waals surface area contributed by atoms with E-state index in [1.165, 1.54) is 12.1 Å². The molecule has 0 aliphatic carbocycles. The molecule has 0 aromatic heterocycles. The third-order valence-electron chi connectivity index (χ3n) is 5.85. The van der Waals surface area contributed by atoms with Crippen molar-refractivity contribution < 1.29 is 14.0 Å². The Bertz CT molecular complexity index is 1050. The molecule has 3 aromatic carbocycles. The molecule has 4 nitrogen and oxygen atoms in total. The lowest BCUT2D eigenvalue weighted by Gasteiger charge is -2.18. The minimum atomic E-state index is -0.350. The van der Waals surface area contributed by atoms with Gasteiger partial charge < -0.3 is 10.2 Å². The molecule has 158 valence electrons. The Labute approximate surface area is 181 Å². The lowest BCUT2D eigenvalue weighted by molar-refractivity contribution is -0.125. The Morgan fingerprint density at radius 2 is 1.61 bits per heavy atom.